The smallest absolute Gasteiger partial charge is 0.0708 e. The van der Waals surface area contributed by atoms with Crippen molar-refractivity contribution in [2.24, 2.45) is 0 Å². The van der Waals surface area contributed by atoms with Crippen molar-refractivity contribution in [3.8, 4) is 0 Å². The van der Waals surface area contributed by atoms with E-state index < -0.39 is 0 Å². The molecule has 0 amide bonds. The molecule has 1 radical (unpaired) electrons. The zero-order valence-electron chi connectivity index (χ0n) is 8.64. The van der Waals surface area contributed by atoms with E-state index in [-0.39, 0.29) is 18.9 Å². The molecular weight excluding hydrogens is 177 g/mol. The largest absolute Gasteiger partial charge is 0.256 e. The van der Waals surface area contributed by atoms with Gasteiger partial charge in [-0.2, -0.15) is 0 Å². The molecule has 0 bridgehead atoms. The molecule has 0 saturated carbocycles. The van der Waals surface area contributed by atoms with E-state index >= 15 is 0 Å². The molecule has 0 aliphatic carbocycles. The van der Waals surface area contributed by atoms with Crippen LogP contribution in [0.1, 0.15) is 0 Å². The van der Waals surface area contributed by atoms with E-state index in [1.165, 1.54) is 16.2 Å². The Morgan fingerprint density at radius 1 is 0.733 bits per heavy atom. The Morgan fingerprint density at radius 3 is 2.27 bits per heavy atom. The van der Waals surface area contributed by atoms with Gasteiger partial charge in [0.2, 0.25) is 0 Å². The second kappa shape index (κ2) is 4.06. The summed E-state index contributed by atoms with van der Waals surface area (Å²) in [4.78, 5) is 4.41. The molecule has 2 heteroatoms. The number of nitrogens with zero attached hydrogens (tertiary/aromatic N) is 1. The SMILES string of the molecule is [Li].c1ccc2c(c1)cnc1ccccc12. The van der Waals surface area contributed by atoms with Gasteiger partial charge in [0.15, 0.2) is 0 Å². The first kappa shape index (κ1) is 10.2. The molecule has 2 aromatic carbocycles. The Hall–Kier alpha value is -1.29. The summed E-state index contributed by atoms with van der Waals surface area (Å²) in [7, 11) is 0. The standard InChI is InChI=1S/C13H9N.Li/c1-2-6-11-10(5-1)9-14-13-8-4-3-7-12(11)13;/h1-9H;. The monoisotopic (exact) mass is 186 g/mol. The van der Waals surface area contributed by atoms with Crippen molar-refractivity contribution in [2.45, 2.75) is 0 Å². The number of rotatable bonds is 0. The summed E-state index contributed by atoms with van der Waals surface area (Å²) < 4.78 is 0. The summed E-state index contributed by atoms with van der Waals surface area (Å²) >= 11 is 0. The first-order chi connectivity index (χ1) is 6.95. The summed E-state index contributed by atoms with van der Waals surface area (Å²) in [5.41, 5.74) is 1.06. The minimum Gasteiger partial charge on any atom is -0.256 e. The van der Waals surface area contributed by atoms with E-state index in [9.17, 15) is 0 Å². The van der Waals surface area contributed by atoms with Gasteiger partial charge in [0, 0.05) is 35.8 Å². The van der Waals surface area contributed by atoms with Crippen molar-refractivity contribution >= 4 is 40.5 Å². The molecule has 3 aromatic rings. The van der Waals surface area contributed by atoms with Gasteiger partial charge in [-0.05, 0) is 11.5 Å². The summed E-state index contributed by atoms with van der Waals surface area (Å²) in [6, 6.07) is 16.6. The number of aromatic nitrogens is 1. The fraction of sp³-hybridized carbons (Fsp3) is 0. The van der Waals surface area contributed by atoms with E-state index in [4.69, 9.17) is 0 Å². The van der Waals surface area contributed by atoms with Crippen molar-refractivity contribution in [1.82, 2.24) is 4.98 Å². The van der Waals surface area contributed by atoms with E-state index in [1.807, 2.05) is 24.4 Å². The number of hydrogen-bond donors (Lipinski definition) is 0. The quantitative estimate of drug-likeness (QED) is 0.388. The van der Waals surface area contributed by atoms with Crippen LogP contribution in [0.4, 0.5) is 0 Å². The van der Waals surface area contributed by atoms with Crippen molar-refractivity contribution in [3.63, 3.8) is 0 Å². The number of benzene rings is 2. The average molecular weight is 186 g/mol. The number of pyridine rings is 1. The molecular formula is C13H9LiN. The maximum absolute atomic E-state index is 4.41. The summed E-state index contributed by atoms with van der Waals surface area (Å²) in [5, 5.41) is 3.70. The Kier molecular flexibility index (Phi) is 2.77. The molecule has 1 aromatic heterocycles. The molecule has 1 heterocycles. The van der Waals surface area contributed by atoms with Gasteiger partial charge in [-0.3, -0.25) is 4.98 Å². The maximum Gasteiger partial charge on any atom is 0.0708 e. The Balaban J connectivity index is 0.000000853. The van der Waals surface area contributed by atoms with Crippen LogP contribution in [0.15, 0.2) is 54.7 Å². The predicted molar refractivity (Wildman–Crippen MR) is 65.0 cm³/mol. The van der Waals surface area contributed by atoms with Gasteiger partial charge in [-0.25, -0.2) is 0 Å². The van der Waals surface area contributed by atoms with Gasteiger partial charge in [0.25, 0.3) is 0 Å². The second-order valence-electron chi connectivity index (χ2n) is 3.36. The molecule has 1 nitrogen and oxygen atoms in total. The third-order valence-electron chi connectivity index (χ3n) is 2.50. The number of para-hydroxylation sites is 1. The molecule has 0 fully saturated rings. The topological polar surface area (TPSA) is 12.9 Å². The Labute approximate surface area is 100 Å². The first-order valence-corrected chi connectivity index (χ1v) is 4.68. The van der Waals surface area contributed by atoms with Gasteiger partial charge in [0.05, 0.1) is 5.52 Å². The van der Waals surface area contributed by atoms with Crippen LogP contribution in [-0.4, -0.2) is 23.8 Å². The molecule has 67 valence electrons. The van der Waals surface area contributed by atoms with Gasteiger partial charge in [0.1, 0.15) is 0 Å². The fourth-order valence-electron chi connectivity index (χ4n) is 1.81. The van der Waals surface area contributed by atoms with Crippen LogP contribution in [0, 0.1) is 0 Å². The molecule has 15 heavy (non-hydrogen) atoms. The third kappa shape index (κ3) is 1.65. The molecule has 0 aliphatic heterocycles. The van der Waals surface area contributed by atoms with Crippen LogP contribution in [0.25, 0.3) is 21.7 Å². The average Bonchev–Trinajstić information content (AvgIpc) is 2.29. The molecule has 0 atom stereocenters. The van der Waals surface area contributed by atoms with Crippen molar-refractivity contribution in [1.29, 1.82) is 0 Å². The normalized spacial score (nSPS) is 10.1. The molecule has 0 aliphatic rings. The number of fused-ring (bicyclic) bond motifs is 3. The van der Waals surface area contributed by atoms with Gasteiger partial charge < -0.3 is 0 Å². The zero-order valence-corrected chi connectivity index (χ0v) is 8.64. The van der Waals surface area contributed by atoms with E-state index in [1.54, 1.807) is 0 Å². The molecule has 0 N–H and O–H groups in total. The van der Waals surface area contributed by atoms with E-state index in [0.29, 0.717) is 0 Å². The van der Waals surface area contributed by atoms with Crippen LogP contribution >= 0.6 is 0 Å². The summed E-state index contributed by atoms with van der Waals surface area (Å²) in [6.07, 6.45) is 1.93. The minimum absolute atomic E-state index is 0. The molecule has 3 rings (SSSR count). The molecule has 0 spiro atoms. The predicted octanol–water partition coefficient (Wildman–Crippen LogP) is 3.01. The minimum atomic E-state index is 0. The van der Waals surface area contributed by atoms with Crippen molar-refractivity contribution in [3.05, 3.63) is 54.7 Å². The van der Waals surface area contributed by atoms with E-state index in [0.717, 1.165) is 5.52 Å². The Bertz CT molecular complexity index is 550. The maximum atomic E-state index is 4.41. The van der Waals surface area contributed by atoms with Crippen LogP contribution < -0.4 is 0 Å². The number of hydrogen-bond acceptors (Lipinski definition) is 1. The van der Waals surface area contributed by atoms with Crippen LogP contribution in [0.5, 0.6) is 0 Å². The van der Waals surface area contributed by atoms with Crippen molar-refractivity contribution in [2.75, 3.05) is 0 Å². The zero-order chi connectivity index (χ0) is 9.38. The van der Waals surface area contributed by atoms with E-state index in [2.05, 4.69) is 35.3 Å². The van der Waals surface area contributed by atoms with Gasteiger partial charge in [-0.1, -0.05) is 42.5 Å². The molecule has 0 unspecified atom stereocenters. The summed E-state index contributed by atoms with van der Waals surface area (Å²) in [6.45, 7) is 0. The van der Waals surface area contributed by atoms with Crippen LogP contribution in [-0.2, 0) is 0 Å². The first-order valence-electron chi connectivity index (χ1n) is 4.68. The van der Waals surface area contributed by atoms with Crippen molar-refractivity contribution < 1.29 is 0 Å². The summed E-state index contributed by atoms with van der Waals surface area (Å²) in [5.74, 6) is 0. The Morgan fingerprint density at radius 2 is 1.40 bits per heavy atom. The van der Waals surface area contributed by atoms with Crippen LogP contribution in [0.2, 0.25) is 0 Å². The second-order valence-corrected chi connectivity index (χ2v) is 3.36. The molecule has 0 saturated heterocycles. The van der Waals surface area contributed by atoms with Gasteiger partial charge >= 0.3 is 0 Å². The third-order valence-corrected chi connectivity index (χ3v) is 2.50. The van der Waals surface area contributed by atoms with Gasteiger partial charge in [-0.15, -0.1) is 0 Å². The fourth-order valence-corrected chi connectivity index (χ4v) is 1.81. The van der Waals surface area contributed by atoms with Crippen LogP contribution in [0.3, 0.4) is 0 Å².